The van der Waals surface area contributed by atoms with Gasteiger partial charge in [0.2, 0.25) is 0 Å². The summed E-state index contributed by atoms with van der Waals surface area (Å²) in [7, 11) is -2.17. The first kappa shape index (κ1) is 17.8. The lowest BCUT2D eigenvalue weighted by Gasteiger charge is -2.05. The van der Waals surface area contributed by atoms with Crippen LogP contribution >= 0.6 is 23.2 Å². The Morgan fingerprint density at radius 1 is 1.12 bits per heavy atom. The van der Waals surface area contributed by atoms with Crippen molar-refractivity contribution < 1.29 is 8.42 Å². The van der Waals surface area contributed by atoms with Crippen LogP contribution < -0.4 is 4.72 Å². The zero-order valence-corrected chi connectivity index (χ0v) is 15.8. The Hall–Kier alpha value is -2.03. The number of anilines is 1. The summed E-state index contributed by atoms with van der Waals surface area (Å²) in [6.45, 7) is 2.06. The first-order valence-corrected chi connectivity index (χ1v) is 9.49. The Morgan fingerprint density at radius 2 is 1.80 bits per heavy atom. The van der Waals surface area contributed by atoms with Crippen molar-refractivity contribution >= 4 is 39.0 Å². The smallest absolute Gasteiger partial charge is 0.266 e. The van der Waals surface area contributed by atoms with Crippen LogP contribution in [0.5, 0.6) is 0 Å². The van der Waals surface area contributed by atoms with E-state index >= 15 is 0 Å². The van der Waals surface area contributed by atoms with Crippen molar-refractivity contribution in [2.45, 2.75) is 18.4 Å². The van der Waals surface area contributed by atoms with Crippen molar-refractivity contribution in [3.05, 3.63) is 58.0 Å². The van der Waals surface area contributed by atoms with Gasteiger partial charge in [0.05, 0.1) is 12.2 Å². The molecular formula is C15H15Cl2N5O2S. The van der Waals surface area contributed by atoms with Gasteiger partial charge in [-0.05, 0) is 24.6 Å². The third-order valence-electron chi connectivity index (χ3n) is 3.46. The number of nitrogens with one attached hydrogen (secondary N) is 1. The SMILES string of the molecule is Cc1nn(C)cc1S(=O)(=O)Nc1nn(Cc2ccc(Cl)cc2)cc1Cl. The highest BCUT2D eigenvalue weighted by molar-refractivity contribution is 7.92. The van der Waals surface area contributed by atoms with E-state index in [1.54, 1.807) is 37.0 Å². The summed E-state index contributed by atoms with van der Waals surface area (Å²) in [4.78, 5) is 0.0818. The number of rotatable bonds is 5. The largest absolute Gasteiger partial charge is 0.274 e. The molecule has 3 rings (SSSR count). The summed E-state index contributed by atoms with van der Waals surface area (Å²) in [5.41, 5.74) is 1.35. The van der Waals surface area contributed by atoms with E-state index in [1.165, 1.54) is 10.9 Å². The lowest BCUT2D eigenvalue weighted by atomic mass is 10.2. The van der Waals surface area contributed by atoms with Crippen LogP contribution in [0.25, 0.3) is 0 Å². The maximum Gasteiger partial charge on any atom is 0.266 e. The molecule has 0 aliphatic carbocycles. The Labute approximate surface area is 155 Å². The van der Waals surface area contributed by atoms with Gasteiger partial charge in [-0.15, -0.1) is 0 Å². The van der Waals surface area contributed by atoms with Crippen molar-refractivity contribution in [2.24, 2.45) is 7.05 Å². The predicted molar refractivity (Wildman–Crippen MR) is 96.5 cm³/mol. The number of sulfonamides is 1. The third kappa shape index (κ3) is 3.97. The van der Waals surface area contributed by atoms with E-state index < -0.39 is 10.0 Å². The molecule has 10 heteroatoms. The lowest BCUT2D eigenvalue weighted by Crippen LogP contribution is -2.14. The molecule has 0 spiro atoms. The maximum absolute atomic E-state index is 12.5. The van der Waals surface area contributed by atoms with Crippen molar-refractivity contribution in [3.63, 3.8) is 0 Å². The zero-order chi connectivity index (χ0) is 18.2. The van der Waals surface area contributed by atoms with Gasteiger partial charge in [-0.25, -0.2) is 8.42 Å². The topological polar surface area (TPSA) is 81.8 Å². The van der Waals surface area contributed by atoms with Crippen LogP contribution in [0.1, 0.15) is 11.3 Å². The molecule has 0 amide bonds. The molecular weight excluding hydrogens is 385 g/mol. The van der Waals surface area contributed by atoms with E-state index in [4.69, 9.17) is 23.2 Å². The highest BCUT2D eigenvalue weighted by Crippen LogP contribution is 2.24. The second-order valence-electron chi connectivity index (χ2n) is 5.51. The molecule has 0 saturated heterocycles. The number of aryl methyl sites for hydroxylation is 2. The lowest BCUT2D eigenvalue weighted by molar-refractivity contribution is 0.600. The Bertz CT molecular complexity index is 1010. The minimum Gasteiger partial charge on any atom is -0.274 e. The quantitative estimate of drug-likeness (QED) is 0.714. The highest BCUT2D eigenvalue weighted by atomic mass is 35.5. The standard InChI is InChI=1S/C15H15Cl2N5O2S/c1-10-14(9-21(2)18-10)25(23,24)20-15-13(17)8-22(19-15)7-11-3-5-12(16)6-4-11/h3-6,8-9H,7H2,1-2H3,(H,19,20). The van der Waals surface area contributed by atoms with Gasteiger partial charge < -0.3 is 0 Å². The van der Waals surface area contributed by atoms with E-state index in [9.17, 15) is 8.42 Å². The maximum atomic E-state index is 12.5. The van der Waals surface area contributed by atoms with Gasteiger partial charge in [-0.1, -0.05) is 35.3 Å². The van der Waals surface area contributed by atoms with Gasteiger partial charge in [0, 0.05) is 24.5 Å². The molecule has 1 aromatic carbocycles. The molecule has 0 bridgehead atoms. The van der Waals surface area contributed by atoms with Crippen molar-refractivity contribution in [3.8, 4) is 0 Å². The molecule has 3 aromatic rings. The molecule has 0 fully saturated rings. The van der Waals surface area contributed by atoms with Gasteiger partial charge in [0.25, 0.3) is 10.0 Å². The molecule has 0 saturated carbocycles. The molecule has 0 unspecified atom stereocenters. The van der Waals surface area contributed by atoms with Crippen LogP contribution in [0.15, 0.2) is 41.6 Å². The average molecular weight is 400 g/mol. The minimum atomic E-state index is -3.82. The Balaban J connectivity index is 1.83. The molecule has 2 aromatic heterocycles. The molecule has 0 atom stereocenters. The monoisotopic (exact) mass is 399 g/mol. The van der Waals surface area contributed by atoms with Crippen molar-refractivity contribution in [2.75, 3.05) is 4.72 Å². The van der Waals surface area contributed by atoms with Crippen LogP contribution in [-0.2, 0) is 23.6 Å². The van der Waals surface area contributed by atoms with Crippen LogP contribution in [0, 0.1) is 6.92 Å². The summed E-state index contributed by atoms with van der Waals surface area (Å²) in [5.74, 6) is 0.0684. The molecule has 0 aliphatic rings. The molecule has 132 valence electrons. The number of hydrogen-bond acceptors (Lipinski definition) is 4. The van der Waals surface area contributed by atoms with E-state index in [0.29, 0.717) is 17.3 Å². The number of nitrogens with zero attached hydrogens (tertiary/aromatic N) is 4. The van der Waals surface area contributed by atoms with E-state index in [1.807, 2.05) is 12.1 Å². The molecule has 0 aliphatic heterocycles. The number of benzene rings is 1. The summed E-state index contributed by atoms with van der Waals surface area (Å²) in [6.07, 6.45) is 2.99. The molecule has 7 nitrogen and oxygen atoms in total. The fraction of sp³-hybridized carbons (Fsp3) is 0.200. The fourth-order valence-electron chi connectivity index (χ4n) is 2.35. The Kier molecular flexibility index (Phi) is 4.77. The number of hydrogen-bond donors (Lipinski definition) is 1. The summed E-state index contributed by atoms with van der Waals surface area (Å²) in [6, 6.07) is 7.27. The predicted octanol–water partition coefficient (Wildman–Crippen LogP) is 3.08. The average Bonchev–Trinajstić information content (AvgIpc) is 3.04. The molecule has 2 heterocycles. The summed E-state index contributed by atoms with van der Waals surface area (Å²) >= 11 is 12.0. The second kappa shape index (κ2) is 6.70. The van der Waals surface area contributed by atoms with E-state index in [0.717, 1.165) is 5.56 Å². The minimum absolute atomic E-state index is 0.0684. The van der Waals surface area contributed by atoms with E-state index in [2.05, 4.69) is 14.9 Å². The number of aromatic nitrogens is 4. The molecule has 0 radical (unpaired) electrons. The highest BCUT2D eigenvalue weighted by Gasteiger charge is 2.22. The van der Waals surface area contributed by atoms with Gasteiger partial charge in [-0.2, -0.15) is 10.2 Å². The number of halogens is 2. The van der Waals surface area contributed by atoms with Crippen LogP contribution in [0.2, 0.25) is 10.0 Å². The van der Waals surface area contributed by atoms with Gasteiger partial charge >= 0.3 is 0 Å². The van der Waals surface area contributed by atoms with Gasteiger partial charge in [-0.3, -0.25) is 14.1 Å². The van der Waals surface area contributed by atoms with Crippen LogP contribution in [0.3, 0.4) is 0 Å². The fourth-order valence-corrected chi connectivity index (χ4v) is 3.96. The summed E-state index contributed by atoms with van der Waals surface area (Å²) < 4.78 is 30.4. The molecule has 25 heavy (non-hydrogen) atoms. The normalized spacial score (nSPS) is 11.7. The van der Waals surface area contributed by atoms with Crippen LogP contribution in [-0.4, -0.2) is 28.0 Å². The first-order chi connectivity index (χ1) is 11.7. The van der Waals surface area contributed by atoms with Crippen molar-refractivity contribution in [1.29, 1.82) is 0 Å². The van der Waals surface area contributed by atoms with Crippen molar-refractivity contribution in [1.82, 2.24) is 19.6 Å². The van der Waals surface area contributed by atoms with Crippen LogP contribution in [0.4, 0.5) is 5.82 Å². The van der Waals surface area contributed by atoms with Gasteiger partial charge in [0.1, 0.15) is 9.92 Å². The van der Waals surface area contributed by atoms with E-state index in [-0.39, 0.29) is 15.7 Å². The summed E-state index contributed by atoms with van der Waals surface area (Å²) in [5, 5.41) is 9.10. The second-order valence-corrected chi connectivity index (χ2v) is 8.00. The van der Waals surface area contributed by atoms with Gasteiger partial charge in [0.15, 0.2) is 5.82 Å². The third-order valence-corrected chi connectivity index (χ3v) is 5.43. The molecule has 1 N–H and O–H groups in total. The first-order valence-electron chi connectivity index (χ1n) is 7.25. The Morgan fingerprint density at radius 3 is 2.40 bits per heavy atom. The zero-order valence-electron chi connectivity index (χ0n) is 13.4.